The molecule has 0 unspecified atom stereocenters. The number of benzene rings is 2. The number of anilines is 1. The fourth-order valence-corrected chi connectivity index (χ4v) is 2.47. The number of aryl methyl sites for hydroxylation is 2. The van der Waals surface area contributed by atoms with Crippen LogP contribution in [-0.2, 0) is 0 Å². The molecule has 0 aliphatic heterocycles. The normalized spacial score (nSPS) is 10.7. The Kier molecular flexibility index (Phi) is 4.12. The Morgan fingerprint density at radius 3 is 2.46 bits per heavy atom. The highest BCUT2D eigenvalue weighted by Gasteiger charge is 2.14. The maximum absolute atomic E-state index is 13.3. The Balaban J connectivity index is 1.94. The standard InChI is InChI=1S/C18H15F2N3O/c1-11-9-12(2)23(22-11)17-6-4-3-5-16(17)21-18(24)13-7-8-14(19)15(20)10-13/h3-10H,1-2H3,(H,21,24). The Morgan fingerprint density at radius 1 is 1.04 bits per heavy atom. The summed E-state index contributed by atoms with van der Waals surface area (Å²) >= 11 is 0. The minimum absolute atomic E-state index is 0.0390. The molecule has 2 aromatic carbocycles. The maximum Gasteiger partial charge on any atom is 0.255 e. The number of carbonyl (C=O) groups is 1. The van der Waals surface area contributed by atoms with E-state index in [1.54, 1.807) is 16.8 Å². The monoisotopic (exact) mass is 327 g/mol. The molecule has 3 rings (SSSR count). The van der Waals surface area contributed by atoms with Crippen molar-refractivity contribution in [3.05, 3.63) is 77.1 Å². The molecule has 0 fully saturated rings. The predicted octanol–water partition coefficient (Wildman–Crippen LogP) is 4.02. The minimum Gasteiger partial charge on any atom is -0.320 e. The van der Waals surface area contributed by atoms with Crippen LogP contribution in [0.15, 0.2) is 48.5 Å². The molecule has 0 aliphatic carbocycles. The molecule has 0 spiro atoms. The van der Waals surface area contributed by atoms with Crippen LogP contribution in [0.3, 0.4) is 0 Å². The maximum atomic E-state index is 13.3. The van der Waals surface area contributed by atoms with E-state index in [4.69, 9.17) is 0 Å². The van der Waals surface area contributed by atoms with Gasteiger partial charge in [0.2, 0.25) is 0 Å². The van der Waals surface area contributed by atoms with Gasteiger partial charge < -0.3 is 5.32 Å². The summed E-state index contributed by atoms with van der Waals surface area (Å²) in [6, 6.07) is 12.1. The third-order valence-electron chi connectivity index (χ3n) is 3.57. The molecule has 1 amide bonds. The second-order valence-electron chi connectivity index (χ2n) is 5.44. The van der Waals surface area contributed by atoms with E-state index >= 15 is 0 Å². The van der Waals surface area contributed by atoms with Crippen LogP contribution < -0.4 is 5.32 Å². The van der Waals surface area contributed by atoms with Crippen molar-refractivity contribution in [3.63, 3.8) is 0 Å². The van der Waals surface area contributed by atoms with Crippen molar-refractivity contribution in [3.8, 4) is 5.69 Å². The molecule has 1 aromatic heterocycles. The van der Waals surface area contributed by atoms with Crippen LogP contribution in [0, 0.1) is 25.5 Å². The Labute approximate surface area is 137 Å². The lowest BCUT2D eigenvalue weighted by Gasteiger charge is -2.12. The summed E-state index contributed by atoms with van der Waals surface area (Å²) in [7, 11) is 0. The van der Waals surface area contributed by atoms with Gasteiger partial charge >= 0.3 is 0 Å². The zero-order valence-electron chi connectivity index (χ0n) is 13.2. The SMILES string of the molecule is Cc1cc(C)n(-c2ccccc2NC(=O)c2ccc(F)c(F)c2)n1. The smallest absolute Gasteiger partial charge is 0.255 e. The number of nitrogens with zero attached hydrogens (tertiary/aromatic N) is 2. The fraction of sp³-hybridized carbons (Fsp3) is 0.111. The van der Waals surface area contributed by atoms with E-state index in [1.165, 1.54) is 6.07 Å². The summed E-state index contributed by atoms with van der Waals surface area (Å²) in [4.78, 5) is 12.3. The molecule has 1 heterocycles. The topological polar surface area (TPSA) is 46.9 Å². The molecular weight excluding hydrogens is 312 g/mol. The largest absolute Gasteiger partial charge is 0.320 e. The number of para-hydroxylation sites is 2. The number of hydrogen-bond acceptors (Lipinski definition) is 2. The van der Waals surface area contributed by atoms with Gasteiger partial charge in [0.05, 0.1) is 17.1 Å². The first-order valence-electron chi connectivity index (χ1n) is 7.35. The highest BCUT2D eigenvalue weighted by Crippen LogP contribution is 2.22. The van der Waals surface area contributed by atoms with E-state index in [0.29, 0.717) is 11.4 Å². The lowest BCUT2D eigenvalue weighted by Crippen LogP contribution is -2.15. The number of carbonyl (C=O) groups excluding carboxylic acids is 1. The zero-order chi connectivity index (χ0) is 17.3. The van der Waals surface area contributed by atoms with E-state index in [0.717, 1.165) is 23.5 Å². The van der Waals surface area contributed by atoms with Gasteiger partial charge in [-0.1, -0.05) is 12.1 Å². The molecule has 0 atom stereocenters. The molecule has 0 radical (unpaired) electrons. The number of nitrogens with one attached hydrogen (secondary N) is 1. The van der Waals surface area contributed by atoms with Gasteiger partial charge in [0.25, 0.3) is 5.91 Å². The van der Waals surface area contributed by atoms with Crippen molar-refractivity contribution in [2.24, 2.45) is 0 Å². The van der Waals surface area contributed by atoms with Crippen molar-refractivity contribution < 1.29 is 13.6 Å². The first kappa shape index (κ1) is 15.9. The first-order valence-corrected chi connectivity index (χ1v) is 7.35. The molecule has 6 heteroatoms. The number of rotatable bonds is 3. The van der Waals surface area contributed by atoms with Crippen LogP contribution in [0.2, 0.25) is 0 Å². The molecule has 3 aromatic rings. The van der Waals surface area contributed by atoms with Crippen molar-refractivity contribution in [1.29, 1.82) is 0 Å². The van der Waals surface area contributed by atoms with E-state index in [9.17, 15) is 13.6 Å². The van der Waals surface area contributed by atoms with Gasteiger partial charge in [-0.25, -0.2) is 13.5 Å². The second kappa shape index (κ2) is 6.23. The molecule has 4 nitrogen and oxygen atoms in total. The third kappa shape index (κ3) is 3.03. The molecule has 0 saturated carbocycles. The molecule has 24 heavy (non-hydrogen) atoms. The van der Waals surface area contributed by atoms with Gasteiger partial charge in [-0.15, -0.1) is 0 Å². The lowest BCUT2D eigenvalue weighted by atomic mass is 10.2. The van der Waals surface area contributed by atoms with Crippen LogP contribution in [-0.4, -0.2) is 15.7 Å². The zero-order valence-corrected chi connectivity index (χ0v) is 13.2. The van der Waals surface area contributed by atoms with Crippen LogP contribution in [0.1, 0.15) is 21.7 Å². The van der Waals surface area contributed by atoms with Crippen molar-refractivity contribution in [2.75, 3.05) is 5.32 Å². The number of halogens is 2. The fourth-order valence-electron chi connectivity index (χ4n) is 2.47. The van der Waals surface area contributed by atoms with Gasteiger partial charge in [-0.3, -0.25) is 4.79 Å². The Bertz CT molecular complexity index is 918. The summed E-state index contributed by atoms with van der Waals surface area (Å²) in [5.74, 6) is -2.58. The van der Waals surface area contributed by atoms with E-state index in [2.05, 4.69) is 10.4 Å². The summed E-state index contributed by atoms with van der Waals surface area (Å²) in [6.07, 6.45) is 0. The molecule has 0 saturated heterocycles. The Morgan fingerprint density at radius 2 is 1.79 bits per heavy atom. The van der Waals surface area contributed by atoms with Crippen LogP contribution in [0.25, 0.3) is 5.69 Å². The molecular formula is C18H15F2N3O. The quantitative estimate of drug-likeness (QED) is 0.790. The van der Waals surface area contributed by atoms with Crippen molar-refractivity contribution in [2.45, 2.75) is 13.8 Å². The average Bonchev–Trinajstić information content (AvgIpc) is 2.89. The summed E-state index contributed by atoms with van der Waals surface area (Å²) in [5.41, 5.74) is 3.03. The summed E-state index contributed by atoms with van der Waals surface area (Å²) in [5, 5.41) is 7.12. The highest BCUT2D eigenvalue weighted by molar-refractivity contribution is 6.05. The summed E-state index contributed by atoms with van der Waals surface area (Å²) < 4.78 is 28.0. The van der Waals surface area contributed by atoms with E-state index in [1.807, 2.05) is 32.0 Å². The van der Waals surface area contributed by atoms with E-state index < -0.39 is 17.5 Å². The number of hydrogen-bond donors (Lipinski definition) is 1. The first-order chi connectivity index (χ1) is 11.5. The van der Waals surface area contributed by atoms with E-state index in [-0.39, 0.29) is 5.56 Å². The number of amides is 1. The van der Waals surface area contributed by atoms with Gasteiger partial charge in [0.1, 0.15) is 0 Å². The minimum atomic E-state index is -1.06. The number of aromatic nitrogens is 2. The van der Waals surface area contributed by atoms with Crippen molar-refractivity contribution >= 4 is 11.6 Å². The van der Waals surface area contributed by atoms with Gasteiger partial charge in [-0.05, 0) is 50.2 Å². The average molecular weight is 327 g/mol. The van der Waals surface area contributed by atoms with Crippen LogP contribution in [0.5, 0.6) is 0 Å². The summed E-state index contributed by atoms with van der Waals surface area (Å²) in [6.45, 7) is 3.79. The van der Waals surface area contributed by atoms with Crippen LogP contribution >= 0.6 is 0 Å². The molecule has 122 valence electrons. The molecule has 0 bridgehead atoms. The highest BCUT2D eigenvalue weighted by atomic mass is 19.2. The molecule has 0 aliphatic rings. The lowest BCUT2D eigenvalue weighted by molar-refractivity contribution is 0.102. The molecule has 1 N–H and O–H groups in total. The van der Waals surface area contributed by atoms with Gasteiger partial charge in [-0.2, -0.15) is 5.10 Å². The van der Waals surface area contributed by atoms with Gasteiger partial charge in [0, 0.05) is 11.3 Å². The van der Waals surface area contributed by atoms with Crippen LogP contribution in [0.4, 0.5) is 14.5 Å². The third-order valence-corrected chi connectivity index (χ3v) is 3.57. The van der Waals surface area contributed by atoms with Gasteiger partial charge in [0.15, 0.2) is 11.6 Å². The second-order valence-corrected chi connectivity index (χ2v) is 5.44. The predicted molar refractivity (Wildman–Crippen MR) is 87.3 cm³/mol. The van der Waals surface area contributed by atoms with Crippen molar-refractivity contribution in [1.82, 2.24) is 9.78 Å². The Hall–Kier alpha value is -3.02.